The smallest absolute Gasteiger partial charge is 0.273 e. The number of aromatic nitrogens is 1. The van der Waals surface area contributed by atoms with Gasteiger partial charge in [0.05, 0.1) is 19.3 Å². The van der Waals surface area contributed by atoms with Gasteiger partial charge in [0.2, 0.25) is 0 Å². The van der Waals surface area contributed by atoms with Crippen molar-refractivity contribution in [1.29, 1.82) is 0 Å². The Bertz CT molecular complexity index is 945. The maximum atomic E-state index is 13.4. The molecule has 0 N–H and O–H groups in total. The molecular formula is C23H27N3O3. The molecule has 0 radical (unpaired) electrons. The van der Waals surface area contributed by atoms with E-state index >= 15 is 0 Å². The number of morpholine rings is 1. The van der Waals surface area contributed by atoms with E-state index in [4.69, 9.17) is 9.15 Å². The lowest BCUT2D eigenvalue weighted by atomic mass is 10.1. The molecule has 1 amide bonds. The molecule has 3 heterocycles. The van der Waals surface area contributed by atoms with Gasteiger partial charge in [0.25, 0.3) is 5.91 Å². The zero-order valence-corrected chi connectivity index (χ0v) is 17.0. The van der Waals surface area contributed by atoms with E-state index in [0.717, 1.165) is 41.9 Å². The minimum absolute atomic E-state index is 0.0742. The highest BCUT2D eigenvalue weighted by molar-refractivity contribution is 5.93. The van der Waals surface area contributed by atoms with Crippen molar-refractivity contribution in [2.45, 2.75) is 26.3 Å². The van der Waals surface area contributed by atoms with Gasteiger partial charge in [-0.25, -0.2) is 0 Å². The molecule has 1 fully saturated rings. The summed E-state index contributed by atoms with van der Waals surface area (Å²) in [5.41, 5.74) is 2.32. The van der Waals surface area contributed by atoms with Crippen molar-refractivity contribution in [3.05, 3.63) is 60.1 Å². The second-order valence-electron chi connectivity index (χ2n) is 7.36. The number of ether oxygens (including phenoxy) is 1. The number of rotatable bonds is 6. The highest BCUT2D eigenvalue weighted by Crippen LogP contribution is 2.29. The first kappa shape index (κ1) is 19.5. The van der Waals surface area contributed by atoms with Crippen LogP contribution in [0.4, 0.5) is 5.69 Å². The second kappa shape index (κ2) is 8.66. The molecule has 1 unspecified atom stereocenters. The number of fused-ring (bicyclic) bond motifs is 1. The Balaban J connectivity index is 1.59. The highest BCUT2D eigenvalue weighted by atomic mass is 16.5. The molecule has 3 aromatic rings. The number of carbonyl (C=O) groups excluding carboxylic acids is 1. The lowest BCUT2D eigenvalue weighted by Gasteiger charge is -2.30. The van der Waals surface area contributed by atoms with Crippen LogP contribution in [0, 0.1) is 0 Å². The van der Waals surface area contributed by atoms with E-state index in [9.17, 15) is 4.79 Å². The molecular weight excluding hydrogens is 366 g/mol. The number of carbonyl (C=O) groups is 1. The molecule has 1 atom stereocenters. The van der Waals surface area contributed by atoms with Crippen LogP contribution < -0.4 is 4.90 Å². The van der Waals surface area contributed by atoms with Gasteiger partial charge >= 0.3 is 0 Å². The molecule has 1 saturated heterocycles. The minimum Gasteiger partial charge on any atom is -0.459 e. The van der Waals surface area contributed by atoms with Crippen LogP contribution in [0.3, 0.4) is 0 Å². The fourth-order valence-electron chi connectivity index (χ4n) is 3.78. The molecule has 0 saturated carbocycles. The quantitative estimate of drug-likeness (QED) is 0.626. The van der Waals surface area contributed by atoms with Gasteiger partial charge in [0, 0.05) is 36.9 Å². The molecule has 29 heavy (non-hydrogen) atoms. The van der Waals surface area contributed by atoms with E-state index < -0.39 is 0 Å². The summed E-state index contributed by atoms with van der Waals surface area (Å²) in [7, 11) is 0. The third kappa shape index (κ3) is 4.12. The van der Waals surface area contributed by atoms with Crippen LogP contribution in [0.2, 0.25) is 0 Å². The molecule has 2 aromatic heterocycles. The van der Waals surface area contributed by atoms with Gasteiger partial charge in [-0.3, -0.25) is 9.78 Å². The van der Waals surface area contributed by atoms with E-state index in [-0.39, 0.29) is 11.9 Å². The van der Waals surface area contributed by atoms with E-state index in [2.05, 4.69) is 16.8 Å². The summed E-state index contributed by atoms with van der Waals surface area (Å²) in [4.78, 5) is 21.8. The lowest BCUT2D eigenvalue weighted by Crippen LogP contribution is -2.37. The van der Waals surface area contributed by atoms with Gasteiger partial charge in [-0.1, -0.05) is 25.1 Å². The van der Waals surface area contributed by atoms with E-state index in [1.165, 1.54) is 0 Å². The van der Waals surface area contributed by atoms with Crippen LogP contribution in [0.5, 0.6) is 0 Å². The normalized spacial score (nSPS) is 15.4. The number of amides is 1. The average Bonchev–Trinajstić information content (AvgIpc) is 3.22. The van der Waals surface area contributed by atoms with Crippen molar-refractivity contribution < 1.29 is 13.9 Å². The Morgan fingerprint density at radius 3 is 2.76 bits per heavy atom. The summed E-state index contributed by atoms with van der Waals surface area (Å²) < 4.78 is 11.5. The monoisotopic (exact) mass is 393 g/mol. The van der Waals surface area contributed by atoms with Crippen LogP contribution in [0.15, 0.2) is 53.1 Å². The van der Waals surface area contributed by atoms with Gasteiger partial charge in [-0.2, -0.15) is 0 Å². The van der Waals surface area contributed by atoms with Crippen molar-refractivity contribution in [1.82, 2.24) is 9.88 Å². The predicted octanol–water partition coefficient (Wildman–Crippen LogP) is 4.28. The standard InChI is InChI=1S/C23H27N3O3/c1-3-10-26(17(2)22-15-18-6-4-5-7-21(18)29-22)23(27)20-16-19(8-9-24-20)25-11-13-28-14-12-25/h4-9,15-17H,3,10-14H2,1-2H3. The topological polar surface area (TPSA) is 58.8 Å². The zero-order chi connectivity index (χ0) is 20.2. The number of hydrogen-bond acceptors (Lipinski definition) is 5. The first-order chi connectivity index (χ1) is 14.2. The summed E-state index contributed by atoms with van der Waals surface area (Å²) in [5, 5.41) is 1.05. The van der Waals surface area contributed by atoms with E-state index in [1.807, 2.05) is 54.3 Å². The molecule has 152 valence electrons. The Labute approximate surface area is 171 Å². The first-order valence-corrected chi connectivity index (χ1v) is 10.3. The summed E-state index contributed by atoms with van der Waals surface area (Å²) in [5.74, 6) is 0.715. The van der Waals surface area contributed by atoms with Crippen molar-refractivity contribution in [3.63, 3.8) is 0 Å². The molecule has 0 spiro atoms. The average molecular weight is 393 g/mol. The molecule has 1 aliphatic rings. The number of para-hydroxylation sites is 1. The van der Waals surface area contributed by atoms with Crippen molar-refractivity contribution >= 4 is 22.6 Å². The summed E-state index contributed by atoms with van der Waals surface area (Å²) in [6.07, 6.45) is 2.58. The number of furan rings is 1. The Kier molecular flexibility index (Phi) is 5.81. The second-order valence-corrected chi connectivity index (χ2v) is 7.36. The zero-order valence-electron chi connectivity index (χ0n) is 17.0. The third-order valence-electron chi connectivity index (χ3n) is 5.39. The van der Waals surface area contributed by atoms with Gasteiger partial charge in [0.15, 0.2) is 0 Å². The lowest BCUT2D eigenvalue weighted by molar-refractivity contribution is 0.0666. The molecule has 1 aromatic carbocycles. The fraction of sp³-hybridized carbons (Fsp3) is 0.391. The summed E-state index contributed by atoms with van der Waals surface area (Å²) in [6.45, 7) is 7.78. The Morgan fingerprint density at radius 1 is 1.21 bits per heavy atom. The Morgan fingerprint density at radius 2 is 2.00 bits per heavy atom. The third-order valence-corrected chi connectivity index (χ3v) is 5.39. The van der Waals surface area contributed by atoms with Crippen LogP contribution >= 0.6 is 0 Å². The number of hydrogen-bond donors (Lipinski definition) is 0. The molecule has 1 aliphatic heterocycles. The SMILES string of the molecule is CCCN(C(=O)c1cc(N2CCOCC2)ccn1)C(C)c1cc2ccccc2o1. The summed E-state index contributed by atoms with van der Waals surface area (Å²) in [6, 6.07) is 13.6. The highest BCUT2D eigenvalue weighted by Gasteiger charge is 2.26. The largest absolute Gasteiger partial charge is 0.459 e. The van der Waals surface area contributed by atoms with E-state index in [1.54, 1.807) is 6.20 Å². The van der Waals surface area contributed by atoms with Crippen LogP contribution in [0.1, 0.15) is 42.6 Å². The molecule has 0 aliphatic carbocycles. The molecule has 4 rings (SSSR count). The van der Waals surface area contributed by atoms with Gasteiger partial charge in [-0.15, -0.1) is 0 Å². The summed E-state index contributed by atoms with van der Waals surface area (Å²) >= 11 is 0. The predicted molar refractivity (Wildman–Crippen MR) is 113 cm³/mol. The first-order valence-electron chi connectivity index (χ1n) is 10.3. The number of anilines is 1. The number of pyridine rings is 1. The van der Waals surface area contributed by atoms with Gasteiger partial charge < -0.3 is 19.0 Å². The van der Waals surface area contributed by atoms with E-state index in [0.29, 0.717) is 25.5 Å². The van der Waals surface area contributed by atoms with Crippen molar-refractivity contribution in [2.75, 3.05) is 37.7 Å². The maximum Gasteiger partial charge on any atom is 0.273 e. The number of nitrogens with zero attached hydrogens (tertiary/aromatic N) is 3. The number of benzene rings is 1. The van der Waals surface area contributed by atoms with Gasteiger partial charge in [-0.05, 0) is 37.6 Å². The van der Waals surface area contributed by atoms with Crippen LogP contribution in [-0.2, 0) is 4.74 Å². The minimum atomic E-state index is -0.177. The molecule has 0 bridgehead atoms. The maximum absolute atomic E-state index is 13.4. The van der Waals surface area contributed by atoms with Crippen LogP contribution in [0.25, 0.3) is 11.0 Å². The van der Waals surface area contributed by atoms with Crippen molar-refractivity contribution in [2.24, 2.45) is 0 Å². The molecule has 6 heteroatoms. The molecule has 6 nitrogen and oxygen atoms in total. The Hall–Kier alpha value is -2.86. The van der Waals surface area contributed by atoms with Gasteiger partial charge in [0.1, 0.15) is 17.0 Å². The van der Waals surface area contributed by atoms with Crippen molar-refractivity contribution in [3.8, 4) is 0 Å². The fourth-order valence-corrected chi connectivity index (χ4v) is 3.78. The van der Waals surface area contributed by atoms with Crippen LogP contribution in [-0.4, -0.2) is 48.6 Å².